The number of amides is 1. The van der Waals surface area contributed by atoms with Crippen LogP contribution >= 0.6 is 11.8 Å². The second-order valence-electron chi connectivity index (χ2n) is 7.83. The number of fused-ring (bicyclic) bond motifs is 2. The minimum atomic E-state index is -0.408. The highest BCUT2D eigenvalue weighted by Crippen LogP contribution is 2.31. The van der Waals surface area contributed by atoms with Gasteiger partial charge < -0.3 is 4.90 Å². The zero-order valence-corrected chi connectivity index (χ0v) is 18.7. The van der Waals surface area contributed by atoms with Gasteiger partial charge in [0.05, 0.1) is 5.36 Å². The number of nitrogens with zero attached hydrogens (tertiary/aromatic N) is 4. The molecule has 1 atom stereocenters. The van der Waals surface area contributed by atoms with Gasteiger partial charge in [0.15, 0.2) is 11.3 Å². The smallest absolute Gasteiger partial charge is 0.276 e. The van der Waals surface area contributed by atoms with E-state index < -0.39 is 6.17 Å². The summed E-state index contributed by atoms with van der Waals surface area (Å²) in [6, 6.07) is 26.1. The number of nitrogens with one attached hydrogen (secondary N) is 1. The summed E-state index contributed by atoms with van der Waals surface area (Å²) in [5.41, 5.74) is 3.79. The summed E-state index contributed by atoms with van der Waals surface area (Å²) in [5.74, 6) is 0.562. The molecular formula is C25H23N5OS. The fraction of sp³-hybridized carbons (Fsp3) is 0.160. The van der Waals surface area contributed by atoms with Crippen molar-refractivity contribution in [2.45, 2.75) is 11.9 Å². The van der Waals surface area contributed by atoms with Crippen molar-refractivity contribution in [3.8, 4) is 0 Å². The maximum Gasteiger partial charge on any atom is 0.276 e. The van der Waals surface area contributed by atoms with Crippen molar-refractivity contribution < 1.29 is 4.79 Å². The van der Waals surface area contributed by atoms with Gasteiger partial charge in [0, 0.05) is 30.8 Å². The molecule has 0 aromatic heterocycles. The Morgan fingerprint density at radius 1 is 0.969 bits per heavy atom. The topological polar surface area (TPSA) is 60.3 Å². The lowest BCUT2D eigenvalue weighted by Crippen LogP contribution is -2.50. The molecule has 1 unspecified atom stereocenters. The Hall–Kier alpha value is -3.58. The molecule has 0 fully saturated rings. The maximum absolute atomic E-state index is 13.2. The van der Waals surface area contributed by atoms with E-state index in [0.29, 0.717) is 10.9 Å². The van der Waals surface area contributed by atoms with Gasteiger partial charge in [-0.1, -0.05) is 72.4 Å². The lowest BCUT2D eigenvalue weighted by molar-refractivity contribution is -0.116. The van der Waals surface area contributed by atoms with Crippen LogP contribution in [0.4, 0.5) is 5.69 Å². The highest BCUT2D eigenvalue weighted by molar-refractivity contribution is 8.13. The first-order chi connectivity index (χ1) is 15.6. The van der Waals surface area contributed by atoms with E-state index in [1.165, 1.54) is 17.3 Å². The number of hydrazone groups is 1. The summed E-state index contributed by atoms with van der Waals surface area (Å²) in [6.07, 6.45) is -0.408. The normalized spacial score (nSPS) is 17.0. The van der Waals surface area contributed by atoms with Gasteiger partial charge in [0.1, 0.15) is 5.70 Å². The second-order valence-corrected chi connectivity index (χ2v) is 8.80. The molecule has 1 amide bonds. The number of para-hydroxylation sites is 1. The Bertz CT molecular complexity index is 1300. The zero-order chi connectivity index (χ0) is 22.1. The molecule has 2 heterocycles. The number of carbonyl (C=O) groups is 1. The van der Waals surface area contributed by atoms with Gasteiger partial charge in [-0.25, -0.2) is 5.01 Å². The number of thioether (sulfide) groups is 1. The summed E-state index contributed by atoms with van der Waals surface area (Å²) in [6.45, 7) is 0. The van der Waals surface area contributed by atoms with E-state index in [1.54, 1.807) is 5.01 Å². The molecule has 0 spiro atoms. The summed E-state index contributed by atoms with van der Waals surface area (Å²) in [7, 11) is 4.02. The highest BCUT2D eigenvalue weighted by atomic mass is 32.2. The average molecular weight is 442 g/mol. The average Bonchev–Trinajstić information content (AvgIpc) is 2.82. The fourth-order valence-electron chi connectivity index (χ4n) is 3.78. The summed E-state index contributed by atoms with van der Waals surface area (Å²) in [5, 5.41) is 11.7. The number of benzene rings is 3. The Kier molecular flexibility index (Phi) is 5.41. The lowest BCUT2D eigenvalue weighted by Gasteiger charge is -2.34. The molecule has 2 aliphatic rings. The molecule has 0 saturated heterocycles. The van der Waals surface area contributed by atoms with Crippen LogP contribution < -0.4 is 20.8 Å². The number of hydrogen-bond donors (Lipinski definition) is 1. The van der Waals surface area contributed by atoms with Crippen LogP contribution in [0.5, 0.6) is 0 Å². The molecule has 0 bridgehead atoms. The molecule has 2 aliphatic heterocycles. The van der Waals surface area contributed by atoms with Crippen LogP contribution in [0.1, 0.15) is 17.3 Å². The van der Waals surface area contributed by atoms with Gasteiger partial charge >= 0.3 is 0 Å². The molecule has 3 aromatic rings. The Morgan fingerprint density at radius 2 is 1.69 bits per heavy atom. The van der Waals surface area contributed by atoms with E-state index in [-0.39, 0.29) is 5.91 Å². The van der Waals surface area contributed by atoms with Crippen molar-refractivity contribution in [2.75, 3.05) is 19.0 Å². The Balaban J connectivity index is 1.55. The van der Waals surface area contributed by atoms with Crippen LogP contribution in [-0.4, -0.2) is 30.2 Å². The van der Waals surface area contributed by atoms with Gasteiger partial charge in [0.25, 0.3) is 5.91 Å². The molecule has 7 heteroatoms. The number of rotatable bonds is 4. The molecule has 5 rings (SSSR count). The number of anilines is 1. The van der Waals surface area contributed by atoms with Crippen LogP contribution in [0.2, 0.25) is 0 Å². The predicted molar refractivity (Wildman–Crippen MR) is 129 cm³/mol. The summed E-state index contributed by atoms with van der Waals surface area (Å²) >= 11 is 1.51. The summed E-state index contributed by atoms with van der Waals surface area (Å²) < 4.78 is 0. The molecule has 1 N–H and O–H groups in total. The van der Waals surface area contributed by atoms with E-state index in [4.69, 9.17) is 10.1 Å². The monoisotopic (exact) mass is 441 g/mol. The predicted octanol–water partition coefficient (Wildman–Crippen LogP) is 2.83. The highest BCUT2D eigenvalue weighted by Gasteiger charge is 2.34. The number of amidine groups is 1. The van der Waals surface area contributed by atoms with Crippen LogP contribution in [0.3, 0.4) is 0 Å². The lowest BCUT2D eigenvalue weighted by atomic mass is 10.1. The zero-order valence-electron chi connectivity index (χ0n) is 17.9. The molecule has 160 valence electrons. The van der Waals surface area contributed by atoms with Crippen molar-refractivity contribution in [3.05, 3.63) is 101 Å². The molecule has 32 heavy (non-hydrogen) atoms. The quantitative estimate of drug-likeness (QED) is 0.677. The van der Waals surface area contributed by atoms with E-state index >= 15 is 0 Å². The first kappa shape index (κ1) is 20.3. The van der Waals surface area contributed by atoms with Crippen molar-refractivity contribution in [2.24, 2.45) is 10.1 Å². The van der Waals surface area contributed by atoms with E-state index in [2.05, 4.69) is 34.5 Å². The fourth-order valence-corrected chi connectivity index (χ4v) is 4.59. The largest absolute Gasteiger partial charge is 0.378 e. The Morgan fingerprint density at radius 3 is 2.44 bits per heavy atom. The van der Waals surface area contributed by atoms with Crippen LogP contribution in [0.15, 0.2) is 89.0 Å². The van der Waals surface area contributed by atoms with Crippen LogP contribution in [-0.2, 0) is 10.5 Å². The Labute approximate surface area is 191 Å². The third kappa shape index (κ3) is 3.87. The van der Waals surface area contributed by atoms with Crippen molar-refractivity contribution in [1.82, 2.24) is 10.3 Å². The molecule has 0 saturated carbocycles. The second kappa shape index (κ2) is 8.51. The molecule has 0 aliphatic carbocycles. The first-order valence-electron chi connectivity index (χ1n) is 10.4. The third-order valence-corrected chi connectivity index (χ3v) is 6.38. The molecular weight excluding hydrogens is 418 g/mol. The van der Waals surface area contributed by atoms with Crippen molar-refractivity contribution in [1.29, 1.82) is 0 Å². The first-order valence-corrected chi connectivity index (χ1v) is 11.4. The standard InChI is InChI=1S/C25H23N5OS/c1-29(2)19-14-12-18(13-15-19)23-26-21-11-7-6-10-20(21)22-24(31)27-25(28-30(22)23)32-16-17-8-4-3-5-9-17/h3-15,23H,16H2,1-2H3,(H,27,28,31). The van der Waals surface area contributed by atoms with Crippen LogP contribution in [0.25, 0.3) is 5.70 Å². The number of carbonyl (C=O) groups excluding carboxylic acids is 1. The van der Waals surface area contributed by atoms with Gasteiger partial charge in [-0.2, -0.15) is 0 Å². The van der Waals surface area contributed by atoms with Crippen molar-refractivity contribution >= 4 is 34.2 Å². The summed E-state index contributed by atoms with van der Waals surface area (Å²) in [4.78, 5) is 20.2. The van der Waals surface area contributed by atoms with Gasteiger partial charge in [-0.05, 0) is 29.3 Å². The minimum Gasteiger partial charge on any atom is -0.378 e. The maximum atomic E-state index is 13.2. The molecule has 3 aromatic carbocycles. The van der Waals surface area contributed by atoms with Gasteiger partial charge in [-0.3, -0.25) is 15.1 Å². The van der Waals surface area contributed by atoms with Gasteiger partial charge in [-0.15, -0.1) is 5.10 Å². The minimum absolute atomic E-state index is 0.159. The van der Waals surface area contributed by atoms with E-state index in [9.17, 15) is 4.79 Å². The third-order valence-electron chi connectivity index (χ3n) is 5.44. The van der Waals surface area contributed by atoms with Crippen LogP contribution in [0, 0.1) is 0 Å². The molecule has 6 nitrogen and oxygen atoms in total. The SMILES string of the molecule is CN(C)c1ccc(C2N=c3ccccc3=C3C(=O)NC(SCc4ccccc4)=NN32)cc1. The van der Waals surface area contributed by atoms with E-state index in [1.807, 2.05) is 68.7 Å². The number of hydrogen-bond acceptors (Lipinski definition) is 6. The van der Waals surface area contributed by atoms with Crippen molar-refractivity contribution in [3.63, 3.8) is 0 Å². The van der Waals surface area contributed by atoms with Gasteiger partial charge in [0.2, 0.25) is 0 Å². The molecule has 0 radical (unpaired) electrons. The van der Waals surface area contributed by atoms with E-state index in [0.717, 1.165) is 27.6 Å².